The highest BCUT2D eigenvalue weighted by Gasteiger charge is 2.05. The fourth-order valence-corrected chi connectivity index (χ4v) is 1.36. The first-order valence-corrected chi connectivity index (χ1v) is 8.70. The maximum absolute atomic E-state index is 11.1. The van der Waals surface area contributed by atoms with Crippen molar-refractivity contribution in [1.82, 2.24) is 30.2 Å². The summed E-state index contributed by atoms with van der Waals surface area (Å²) >= 11 is 0. The van der Waals surface area contributed by atoms with Crippen LogP contribution < -0.4 is 10.2 Å². The van der Waals surface area contributed by atoms with Gasteiger partial charge in [-0.25, -0.2) is 15.0 Å². The normalized spacial score (nSPS) is 8.54. The maximum atomic E-state index is 11.1. The van der Waals surface area contributed by atoms with E-state index in [0.717, 1.165) is 17.2 Å². The van der Waals surface area contributed by atoms with E-state index >= 15 is 0 Å². The zero-order valence-electron chi connectivity index (χ0n) is 17.7. The van der Waals surface area contributed by atoms with Crippen LogP contribution in [0.1, 0.15) is 55.4 Å². The molecule has 0 unspecified atom stereocenters. The first-order valence-electron chi connectivity index (χ1n) is 8.70. The van der Waals surface area contributed by atoms with Gasteiger partial charge in [-0.2, -0.15) is 4.98 Å². The monoisotopic (exact) mass is 363 g/mol. The third-order valence-corrected chi connectivity index (χ3v) is 2.73. The van der Waals surface area contributed by atoms with Gasteiger partial charge in [-0.3, -0.25) is 9.78 Å². The Morgan fingerprint density at radius 3 is 1.88 bits per heavy atom. The van der Waals surface area contributed by atoms with Crippen molar-refractivity contribution in [2.24, 2.45) is 0 Å². The molecule has 0 radical (unpaired) electrons. The zero-order valence-corrected chi connectivity index (χ0v) is 17.7. The Hall–Kier alpha value is -2.64. The van der Waals surface area contributed by atoms with Gasteiger partial charge in [-0.1, -0.05) is 27.7 Å². The summed E-state index contributed by atoms with van der Waals surface area (Å²) < 4.78 is 0. The SMILES string of the molecule is CC.CC.CNC(=O)c1cnc(C)c(C)n1.Cc1ncnc(N(C)C)n1. The number of carbonyl (C=O) groups excluding carboxylic acids is 1. The summed E-state index contributed by atoms with van der Waals surface area (Å²) in [5.74, 6) is 1.25. The Morgan fingerprint density at radius 1 is 0.923 bits per heavy atom. The van der Waals surface area contributed by atoms with E-state index in [9.17, 15) is 4.79 Å². The van der Waals surface area contributed by atoms with Crippen molar-refractivity contribution in [2.45, 2.75) is 48.5 Å². The van der Waals surface area contributed by atoms with Crippen LogP contribution in [0.5, 0.6) is 0 Å². The average Bonchev–Trinajstić information content (AvgIpc) is 2.67. The van der Waals surface area contributed by atoms with E-state index in [-0.39, 0.29) is 5.91 Å². The number of aryl methyl sites for hydroxylation is 3. The zero-order chi connectivity index (χ0) is 20.7. The van der Waals surface area contributed by atoms with Crippen molar-refractivity contribution < 1.29 is 4.79 Å². The Labute approximate surface area is 157 Å². The highest BCUT2D eigenvalue weighted by molar-refractivity contribution is 5.91. The Kier molecular flexibility index (Phi) is 14.5. The van der Waals surface area contributed by atoms with Crippen molar-refractivity contribution in [3.05, 3.63) is 35.4 Å². The van der Waals surface area contributed by atoms with Gasteiger partial charge in [0, 0.05) is 21.1 Å². The Bertz CT molecular complexity index is 645. The first kappa shape index (κ1) is 25.6. The predicted octanol–water partition coefficient (Wildman–Crippen LogP) is 2.75. The first-order chi connectivity index (χ1) is 12.3. The van der Waals surface area contributed by atoms with Crippen LogP contribution in [0.15, 0.2) is 12.5 Å². The molecule has 26 heavy (non-hydrogen) atoms. The molecule has 0 spiro atoms. The maximum Gasteiger partial charge on any atom is 0.271 e. The molecule has 0 atom stereocenters. The molecule has 2 rings (SSSR count). The number of anilines is 1. The Morgan fingerprint density at radius 2 is 1.50 bits per heavy atom. The van der Waals surface area contributed by atoms with E-state index in [0.29, 0.717) is 11.6 Å². The predicted molar refractivity (Wildman–Crippen MR) is 106 cm³/mol. The van der Waals surface area contributed by atoms with Crippen molar-refractivity contribution >= 4 is 11.9 Å². The van der Waals surface area contributed by atoms with Crippen molar-refractivity contribution in [3.63, 3.8) is 0 Å². The molecule has 2 aromatic rings. The van der Waals surface area contributed by atoms with Crippen LogP contribution in [-0.2, 0) is 0 Å². The van der Waals surface area contributed by atoms with Gasteiger partial charge in [0.25, 0.3) is 5.91 Å². The molecule has 0 fully saturated rings. The fraction of sp³-hybridized carbons (Fsp3) is 0.556. The fourth-order valence-electron chi connectivity index (χ4n) is 1.36. The van der Waals surface area contributed by atoms with Gasteiger partial charge in [0.1, 0.15) is 17.8 Å². The second-order valence-corrected chi connectivity index (χ2v) is 4.73. The van der Waals surface area contributed by atoms with Crippen LogP contribution in [0.2, 0.25) is 0 Å². The van der Waals surface area contributed by atoms with Gasteiger partial charge >= 0.3 is 0 Å². The van der Waals surface area contributed by atoms with E-state index < -0.39 is 0 Å². The molecule has 0 aromatic carbocycles. The quantitative estimate of drug-likeness (QED) is 0.876. The molecular weight excluding hydrogens is 330 g/mol. The number of aromatic nitrogens is 5. The minimum atomic E-state index is -0.203. The number of carbonyl (C=O) groups is 1. The van der Waals surface area contributed by atoms with Crippen molar-refractivity contribution in [1.29, 1.82) is 0 Å². The summed E-state index contributed by atoms with van der Waals surface area (Å²) in [5, 5.41) is 2.49. The Balaban J connectivity index is 0. The number of hydrogen-bond donors (Lipinski definition) is 1. The molecule has 2 aromatic heterocycles. The van der Waals surface area contributed by atoms with Crippen LogP contribution >= 0.6 is 0 Å². The summed E-state index contributed by atoms with van der Waals surface area (Å²) in [5.41, 5.74) is 2.00. The van der Waals surface area contributed by atoms with Gasteiger partial charge in [0.2, 0.25) is 5.95 Å². The van der Waals surface area contributed by atoms with Gasteiger partial charge in [-0.05, 0) is 20.8 Å². The van der Waals surface area contributed by atoms with Crippen LogP contribution in [0.25, 0.3) is 0 Å². The molecule has 8 heteroatoms. The van der Waals surface area contributed by atoms with E-state index in [1.165, 1.54) is 12.5 Å². The topological polar surface area (TPSA) is 96.8 Å². The smallest absolute Gasteiger partial charge is 0.271 e. The third-order valence-electron chi connectivity index (χ3n) is 2.73. The highest BCUT2D eigenvalue weighted by Crippen LogP contribution is 2.00. The van der Waals surface area contributed by atoms with Gasteiger partial charge < -0.3 is 10.2 Å². The molecule has 1 N–H and O–H groups in total. The summed E-state index contributed by atoms with van der Waals surface area (Å²) in [6.07, 6.45) is 2.98. The van der Waals surface area contributed by atoms with Crippen LogP contribution in [0.3, 0.4) is 0 Å². The minimum Gasteiger partial charge on any atom is -0.354 e. The molecule has 0 aliphatic carbocycles. The summed E-state index contributed by atoms with van der Waals surface area (Å²) in [4.78, 5) is 32.9. The summed E-state index contributed by atoms with van der Waals surface area (Å²) in [6.45, 7) is 13.5. The van der Waals surface area contributed by atoms with Gasteiger partial charge in [0.05, 0.1) is 17.6 Å². The lowest BCUT2D eigenvalue weighted by Gasteiger charge is -2.08. The van der Waals surface area contributed by atoms with E-state index in [1.807, 2.05) is 67.5 Å². The largest absolute Gasteiger partial charge is 0.354 e. The molecule has 0 saturated heterocycles. The molecule has 2 heterocycles. The van der Waals surface area contributed by atoms with Gasteiger partial charge in [-0.15, -0.1) is 0 Å². The van der Waals surface area contributed by atoms with E-state index in [4.69, 9.17) is 0 Å². The number of rotatable bonds is 2. The third kappa shape index (κ3) is 9.61. The second-order valence-electron chi connectivity index (χ2n) is 4.73. The number of nitrogens with one attached hydrogen (secondary N) is 1. The highest BCUT2D eigenvalue weighted by atomic mass is 16.1. The van der Waals surface area contributed by atoms with Crippen LogP contribution in [0, 0.1) is 20.8 Å². The second kappa shape index (κ2) is 14.7. The number of nitrogens with zero attached hydrogens (tertiary/aromatic N) is 6. The van der Waals surface area contributed by atoms with Crippen molar-refractivity contribution in [3.8, 4) is 0 Å². The molecule has 0 saturated carbocycles. The molecule has 1 amide bonds. The molecule has 8 nitrogen and oxygen atoms in total. The lowest BCUT2D eigenvalue weighted by atomic mass is 10.3. The molecular formula is C18H33N7O. The molecule has 0 aliphatic heterocycles. The van der Waals surface area contributed by atoms with Crippen LogP contribution in [-0.4, -0.2) is 52.0 Å². The number of hydrogen-bond acceptors (Lipinski definition) is 7. The van der Waals surface area contributed by atoms with E-state index in [2.05, 4.69) is 30.2 Å². The van der Waals surface area contributed by atoms with Crippen LogP contribution in [0.4, 0.5) is 5.95 Å². The molecule has 0 bridgehead atoms. The number of amides is 1. The average molecular weight is 364 g/mol. The summed E-state index contributed by atoms with van der Waals surface area (Å²) in [6, 6.07) is 0. The van der Waals surface area contributed by atoms with Gasteiger partial charge in [0.15, 0.2) is 0 Å². The minimum absolute atomic E-state index is 0.203. The standard InChI is InChI=1S/C8H11N3O.C6H10N4.2C2H6/c1-5-6(2)11-7(4-10-5)8(12)9-3;1-5-7-4-8-6(9-5)10(2)3;2*1-2/h4H,1-3H3,(H,9,12);4H,1-3H3;2*1-2H3. The van der Waals surface area contributed by atoms with Crippen molar-refractivity contribution in [2.75, 3.05) is 26.0 Å². The molecule has 146 valence electrons. The molecule has 0 aliphatic rings. The summed E-state index contributed by atoms with van der Waals surface area (Å²) in [7, 11) is 5.36. The lowest BCUT2D eigenvalue weighted by molar-refractivity contribution is 0.0957. The lowest BCUT2D eigenvalue weighted by Crippen LogP contribution is -2.20. The van der Waals surface area contributed by atoms with E-state index in [1.54, 1.807) is 7.05 Å².